The molecule has 0 bridgehead atoms. The van der Waals surface area contributed by atoms with Crippen molar-refractivity contribution in [3.63, 3.8) is 0 Å². The molecule has 3 heteroatoms. The number of aromatic nitrogens is 1. The monoisotopic (exact) mass is 400 g/mol. The number of piperidine rings is 1. The lowest BCUT2D eigenvalue weighted by atomic mass is 9.79. The van der Waals surface area contributed by atoms with Crippen LogP contribution < -0.4 is 5.56 Å². The quantitative estimate of drug-likeness (QED) is 0.593. The van der Waals surface area contributed by atoms with Crippen LogP contribution in [0.4, 0.5) is 0 Å². The van der Waals surface area contributed by atoms with Crippen LogP contribution >= 0.6 is 0 Å². The van der Waals surface area contributed by atoms with Crippen LogP contribution in [0.25, 0.3) is 0 Å². The van der Waals surface area contributed by atoms with E-state index in [4.69, 9.17) is 0 Å². The standard InChI is InChI=1S/C27H32N2O/c1-21(23-15-18-29(19-16-23)20-25-11-7-17-28-27(25)30)26-12-6-5-10-24(26)14-13-22-8-3-2-4-9-22/h2-12,17,21,23H,13-16,18-20H2,1H3,(H,28,30). The van der Waals surface area contributed by atoms with E-state index in [0.29, 0.717) is 11.8 Å². The maximum atomic E-state index is 12.0. The number of hydrogen-bond donors (Lipinski definition) is 1. The van der Waals surface area contributed by atoms with Crippen molar-refractivity contribution in [3.05, 3.63) is 106 Å². The highest BCUT2D eigenvalue weighted by Gasteiger charge is 2.26. The lowest BCUT2D eigenvalue weighted by molar-refractivity contribution is 0.164. The van der Waals surface area contributed by atoms with E-state index >= 15 is 0 Å². The van der Waals surface area contributed by atoms with E-state index in [2.05, 4.69) is 71.4 Å². The van der Waals surface area contributed by atoms with Gasteiger partial charge in [0.2, 0.25) is 0 Å². The molecule has 2 aromatic carbocycles. The van der Waals surface area contributed by atoms with Gasteiger partial charge in [-0.1, -0.05) is 67.6 Å². The molecule has 1 saturated heterocycles. The number of aryl methyl sites for hydroxylation is 2. The molecule has 156 valence electrons. The van der Waals surface area contributed by atoms with Gasteiger partial charge in [-0.3, -0.25) is 9.69 Å². The molecule has 1 atom stereocenters. The van der Waals surface area contributed by atoms with Crippen LogP contribution in [0, 0.1) is 5.92 Å². The summed E-state index contributed by atoms with van der Waals surface area (Å²) in [5.41, 5.74) is 5.33. The summed E-state index contributed by atoms with van der Waals surface area (Å²) in [4.78, 5) is 17.2. The number of pyridine rings is 1. The Morgan fingerprint density at radius 2 is 1.60 bits per heavy atom. The zero-order chi connectivity index (χ0) is 20.8. The van der Waals surface area contributed by atoms with E-state index in [9.17, 15) is 4.79 Å². The normalized spacial score (nSPS) is 16.4. The Morgan fingerprint density at radius 3 is 2.37 bits per heavy atom. The SMILES string of the molecule is CC(c1ccccc1CCc1ccccc1)C1CCN(Cc2ccc[nH]c2=O)CC1. The van der Waals surface area contributed by atoms with Crippen LogP contribution in [0.15, 0.2) is 77.7 Å². The Labute approximate surface area is 179 Å². The molecule has 1 fully saturated rings. The predicted octanol–water partition coefficient (Wildman–Crippen LogP) is 5.18. The molecule has 1 unspecified atom stereocenters. The van der Waals surface area contributed by atoms with Gasteiger partial charge >= 0.3 is 0 Å². The maximum Gasteiger partial charge on any atom is 0.252 e. The summed E-state index contributed by atoms with van der Waals surface area (Å²) in [5, 5.41) is 0. The second-order valence-electron chi connectivity index (χ2n) is 8.61. The molecular formula is C27H32N2O. The van der Waals surface area contributed by atoms with Crippen molar-refractivity contribution in [3.8, 4) is 0 Å². The molecule has 1 N–H and O–H groups in total. The van der Waals surface area contributed by atoms with Gasteiger partial charge in [0.05, 0.1) is 0 Å². The van der Waals surface area contributed by atoms with Crippen molar-refractivity contribution in [2.24, 2.45) is 5.92 Å². The topological polar surface area (TPSA) is 36.1 Å². The minimum absolute atomic E-state index is 0.0420. The molecule has 4 rings (SSSR count). The van der Waals surface area contributed by atoms with Crippen molar-refractivity contribution in [1.82, 2.24) is 9.88 Å². The van der Waals surface area contributed by atoms with E-state index in [-0.39, 0.29) is 5.56 Å². The highest BCUT2D eigenvalue weighted by molar-refractivity contribution is 5.32. The second-order valence-corrected chi connectivity index (χ2v) is 8.61. The van der Waals surface area contributed by atoms with Gasteiger partial charge in [0, 0.05) is 18.3 Å². The van der Waals surface area contributed by atoms with Crippen LogP contribution in [0.5, 0.6) is 0 Å². The smallest absolute Gasteiger partial charge is 0.252 e. The van der Waals surface area contributed by atoms with Gasteiger partial charge in [0.15, 0.2) is 0 Å². The largest absolute Gasteiger partial charge is 0.329 e. The molecule has 1 aliphatic heterocycles. The maximum absolute atomic E-state index is 12.0. The van der Waals surface area contributed by atoms with Crippen molar-refractivity contribution in [2.45, 2.75) is 45.1 Å². The molecule has 3 aromatic rings. The summed E-state index contributed by atoms with van der Waals surface area (Å²) in [6.07, 6.45) is 6.28. The van der Waals surface area contributed by atoms with Gasteiger partial charge in [-0.2, -0.15) is 0 Å². The summed E-state index contributed by atoms with van der Waals surface area (Å²) in [6.45, 7) is 5.29. The first-order valence-electron chi connectivity index (χ1n) is 11.2. The van der Waals surface area contributed by atoms with Gasteiger partial charge in [-0.15, -0.1) is 0 Å². The number of hydrogen-bond acceptors (Lipinski definition) is 2. The lowest BCUT2D eigenvalue weighted by Gasteiger charge is -2.35. The fourth-order valence-corrected chi connectivity index (χ4v) is 4.82. The number of aromatic amines is 1. The zero-order valence-electron chi connectivity index (χ0n) is 17.9. The number of nitrogens with zero attached hydrogens (tertiary/aromatic N) is 1. The Morgan fingerprint density at radius 1 is 0.900 bits per heavy atom. The van der Waals surface area contributed by atoms with Gasteiger partial charge < -0.3 is 4.98 Å². The fraction of sp³-hybridized carbons (Fsp3) is 0.370. The van der Waals surface area contributed by atoms with Gasteiger partial charge in [-0.25, -0.2) is 0 Å². The summed E-state index contributed by atoms with van der Waals surface area (Å²) in [7, 11) is 0. The van der Waals surface area contributed by atoms with E-state index in [1.165, 1.54) is 29.5 Å². The van der Waals surface area contributed by atoms with Crippen LogP contribution in [-0.4, -0.2) is 23.0 Å². The molecule has 0 radical (unpaired) electrons. The number of benzene rings is 2. The minimum Gasteiger partial charge on any atom is -0.329 e. The number of likely N-dealkylation sites (tertiary alicyclic amines) is 1. The first-order valence-corrected chi connectivity index (χ1v) is 11.2. The molecule has 1 aliphatic rings. The second kappa shape index (κ2) is 9.90. The Balaban J connectivity index is 1.36. The Hall–Kier alpha value is -2.65. The third kappa shape index (κ3) is 5.09. The minimum atomic E-state index is 0.0420. The molecule has 0 amide bonds. The third-order valence-corrected chi connectivity index (χ3v) is 6.70. The average molecular weight is 401 g/mol. The third-order valence-electron chi connectivity index (χ3n) is 6.70. The Kier molecular flexibility index (Phi) is 6.81. The number of rotatable bonds is 7. The van der Waals surface area contributed by atoms with Crippen LogP contribution in [0.3, 0.4) is 0 Å². The molecule has 1 aromatic heterocycles. The van der Waals surface area contributed by atoms with Gasteiger partial charge in [0.25, 0.3) is 5.56 Å². The van der Waals surface area contributed by atoms with E-state index in [1.807, 2.05) is 12.1 Å². The first-order chi connectivity index (χ1) is 14.7. The molecular weight excluding hydrogens is 368 g/mol. The molecule has 3 nitrogen and oxygen atoms in total. The van der Waals surface area contributed by atoms with E-state index in [1.54, 1.807) is 6.20 Å². The first kappa shape index (κ1) is 20.6. The predicted molar refractivity (Wildman–Crippen MR) is 124 cm³/mol. The number of H-pyrrole nitrogens is 1. The molecule has 2 heterocycles. The molecule has 0 spiro atoms. The Bertz CT molecular complexity index is 987. The van der Waals surface area contributed by atoms with Crippen molar-refractivity contribution < 1.29 is 0 Å². The zero-order valence-corrected chi connectivity index (χ0v) is 17.9. The fourth-order valence-electron chi connectivity index (χ4n) is 4.82. The molecule has 30 heavy (non-hydrogen) atoms. The summed E-state index contributed by atoms with van der Waals surface area (Å²) in [6, 6.07) is 23.6. The molecule has 0 saturated carbocycles. The highest BCUT2D eigenvalue weighted by atomic mass is 16.1. The highest BCUT2D eigenvalue weighted by Crippen LogP contribution is 2.34. The lowest BCUT2D eigenvalue weighted by Crippen LogP contribution is -2.36. The van der Waals surface area contributed by atoms with Crippen molar-refractivity contribution in [2.75, 3.05) is 13.1 Å². The van der Waals surface area contributed by atoms with Crippen LogP contribution in [0.2, 0.25) is 0 Å². The van der Waals surface area contributed by atoms with Crippen molar-refractivity contribution in [1.29, 1.82) is 0 Å². The van der Waals surface area contributed by atoms with E-state index in [0.717, 1.165) is 38.0 Å². The molecule has 0 aliphatic carbocycles. The average Bonchev–Trinajstić information content (AvgIpc) is 2.80. The van der Waals surface area contributed by atoms with Gasteiger partial charge in [-0.05, 0) is 73.4 Å². The van der Waals surface area contributed by atoms with Crippen LogP contribution in [-0.2, 0) is 19.4 Å². The van der Waals surface area contributed by atoms with Crippen LogP contribution in [0.1, 0.15) is 47.9 Å². The summed E-state index contributed by atoms with van der Waals surface area (Å²) in [5.74, 6) is 1.27. The van der Waals surface area contributed by atoms with Gasteiger partial charge in [0.1, 0.15) is 0 Å². The van der Waals surface area contributed by atoms with Crippen molar-refractivity contribution >= 4 is 0 Å². The number of nitrogens with one attached hydrogen (secondary N) is 1. The summed E-state index contributed by atoms with van der Waals surface area (Å²) < 4.78 is 0. The summed E-state index contributed by atoms with van der Waals surface area (Å²) >= 11 is 0. The van der Waals surface area contributed by atoms with E-state index < -0.39 is 0 Å².